The fourth-order valence-corrected chi connectivity index (χ4v) is 3.61. The van der Waals surface area contributed by atoms with Crippen LogP contribution < -0.4 is 0 Å². The van der Waals surface area contributed by atoms with Gasteiger partial charge < -0.3 is 4.42 Å². The summed E-state index contributed by atoms with van der Waals surface area (Å²) in [6.45, 7) is 1.47. The van der Waals surface area contributed by atoms with E-state index in [0.29, 0.717) is 22.1 Å². The highest BCUT2D eigenvalue weighted by Gasteiger charge is 2.35. The lowest BCUT2D eigenvalue weighted by molar-refractivity contribution is -0.141. The second-order valence-corrected chi connectivity index (χ2v) is 7.64. The van der Waals surface area contributed by atoms with Crippen LogP contribution >= 0.6 is 11.6 Å². The Kier molecular flexibility index (Phi) is 5.76. The maximum atomic E-state index is 13.2. The summed E-state index contributed by atoms with van der Waals surface area (Å²) in [5.41, 5.74) is 1.66. The van der Waals surface area contributed by atoms with Crippen molar-refractivity contribution in [2.45, 2.75) is 13.5 Å². The number of imide groups is 1. The molecule has 1 aliphatic heterocycles. The van der Waals surface area contributed by atoms with Crippen molar-refractivity contribution in [3.8, 4) is 17.4 Å². The summed E-state index contributed by atoms with van der Waals surface area (Å²) in [5.74, 6) is -0.723. The van der Waals surface area contributed by atoms with Gasteiger partial charge in [-0.2, -0.15) is 5.26 Å². The molecular formula is C25H16ClFN2O3. The lowest BCUT2D eigenvalue weighted by Crippen LogP contribution is -2.42. The molecule has 2 heterocycles. The molecule has 0 N–H and O–H groups in total. The molecule has 7 heteroatoms. The summed E-state index contributed by atoms with van der Waals surface area (Å²) < 4.78 is 19.1. The van der Waals surface area contributed by atoms with E-state index in [1.165, 1.54) is 30.3 Å². The molecule has 4 rings (SSSR count). The maximum Gasteiger partial charge on any atom is 0.271 e. The van der Waals surface area contributed by atoms with Crippen LogP contribution in [0.1, 0.15) is 18.2 Å². The molecule has 32 heavy (non-hydrogen) atoms. The number of hydrogen-bond acceptors (Lipinski definition) is 4. The lowest BCUT2D eigenvalue weighted by Gasteiger charge is -2.27. The zero-order valence-electron chi connectivity index (χ0n) is 16.9. The quantitative estimate of drug-likeness (QED) is 0.390. The van der Waals surface area contributed by atoms with Gasteiger partial charge in [0.05, 0.1) is 6.54 Å². The van der Waals surface area contributed by atoms with Crippen molar-refractivity contribution in [1.82, 2.24) is 4.90 Å². The van der Waals surface area contributed by atoms with Crippen LogP contribution in [0.2, 0.25) is 5.02 Å². The standard InChI is InChI=1S/C25H16ClFN2O3/c1-15-21(12-20-9-10-23(32-20)17-3-2-4-18(26)11-17)24(30)29(25(31)22(15)13-28)14-16-5-7-19(27)8-6-16/h2-12H,14H2,1H3/b21-12+. The van der Waals surface area contributed by atoms with E-state index in [1.807, 2.05) is 12.1 Å². The van der Waals surface area contributed by atoms with Crippen LogP contribution in [0.4, 0.5) is 4.39 Å². The number of carbonyl (C=O) groups excluding carboxylic acids is 2. The van der Waals surface area contributed by atoms with E-state index in [1.54, 1.807) is 37.3 Å². The summed E-state index contributed by atoms with van der Waals surface area (Å²) in [5, 5.41) is 10.1. The van der Waals surface area contributed by atoms with Crippen LogP contribution in [-0.2, 0) is 16.1 Å². The third kappa shape index (κ3) is 4.11. The Balaban J connectivity index is 1.71. The predicted molar refractivity (Wildman–Crippen MR) is 117 cm³/mol. The van der Waals surface area contributed by atoms with E-state index in [9.17, 15) is 19.2 Å². The Labute approximate surface area is 188 Å². The first-order valence-electron chi connectivity index (χ1n) is 9.67. The number of nitrogens with zero attached hydrogens (tertiary/aromatic N) is 2. The highest BCUT2D eigenvalue weighted by atomic mass is 35.5. The van der Waals surface area contributed by atoms with Crippen LogP contribution in [0.15, 0.2) is 81.8 Å². The van der Waals surface area contributed by atoms with Crippen molar-refractivity contribution in [3.63, 3.8) is 0 Å². The third-order valence-corrected chi connectivity index (χ3v) is 5.34. The van der Waals surface area contributed by atoms with Crippen LogP contribution in [-0.4, -0.2) is 16.7 Å². The van der Waals surface area contributed by atoms with E-state index in [4.69, 9.17) is 16.0 Å². The minimum absolute atomic E-state index is 0.0837. The number of benzene rings is 2. The molecule has 0 fully saturated rings. The van der Waals surface area contributed by atoms with Gasteiger partial charge in [-0.05, 0) is 60.5 Å². The number of rotatable bonds is 4. The first-order chi connectivity index (χ1) is 15.4. The number of halogens is 2. The van der Waals surface area contributed by atoms with Gasteiger partial charge in [-0.15, -0.1) is 0 Å². The van der Waals surface area contributed by atoms with Crippen molar-refractivity contribution in [3.05, 3.63) is 99.5 Å². The number of hydrogen-bond donors (Lipinski definition) is 0. The topological polar surface area (TPSA) is 74.3 Å². The number of carbonyl (C=O) groups is 2. The SMILES string of the molecule is CC1=C(C#N)C(=O)N(Cc2ccc(F)cc2)C(=O)/C1=C/c1ccc(-c2cccc(Cl)c2)o1. The Morgan fingerprint density at radius 2 is 1.84 bits per heavy atom. The summed E-state index contributed by atoms with van der Waals surface area (Å²) in [6.07, 6.45) is 1.51. The molecule has 0 unspecified atom stereocenters. The largest absolute Gasteiger partial charge is 0.457 e. The zero-order chi connectivity index (χ0) is 22.8. The summed E-state index contributed by atoms with van der Waals surface area (Å²) >= 11 is 6.04. The molecule has 0 saturated heterocycles. The van der Waals surface area contributed by atoms with Crippen molar-refractivity contribution in [2.75, 3.05) is 0 Å². The average molecular weight is 447 g/mol. The maximum absolute atomic E-state index is 13.2. The van der Waals surface area contributed by atoms with Crippen molar-refractivity contribution < 1.29 is 18.4 Å². The summed E-state index contributed by atoms with van der Waals surface area (Å²) in [6, 6.07) is 17.9. The molecule has 158 valence electrons. The van der Waals surface area contributed by atoms with Gasteiger partial charge in [0.2, 0.25) is 0 Å². The van der Waals surface area contributed by atoms with Crippen LogP contribution in [0, 0.1) is 17.1 Å². The van der Waals surface area contributed by atoms with E-state index < -0.39 is 17.6 Å². The molecule has 2 amide bonds. The van der Waals surface area contributed by atoms with E-state index >= 15 is 0 Å². The van der Waals surface area contributed by atoms with E-state index in [2.05, 4.69) is 0 Å². The molecule has 0 spiro atoms. The molecule has 0 radical (unpaired) electrons. The van der Waals surface area contributed by atoms with Crippen molar-refractivity contribution >= 4 is 29.5 Å². The first-order valence-corrected chi connectivity index (χ1v) is 10.0. The predicted octanol–water partition coefficient (Wildman–Crippen LogP) is 5.53. The van der Waals surface area contributed by atoms with Gasteiger partial charge >= 0.3 is 0 Å². The van der Waals surface area contributed by atoms with Gasteiger partial charge in [-0.25, -0.2) is 4.39 Å². The molecule has 1 aliphatic rings. The first kappa shape index (κ1) is 21.3. The zero-order valence-corrected chi connectivity index (χ0v) is 17.7. The number of nitriles is 1. The fourth-order valence-electron chi connectivity index (χ4n) is 3.42. The Hall–Kier alpha value is -3.95. The molecule has 3 aromatic rings. The van der Waals surface area contributed by atoms with Gasteiger partial charge in [0.15, 0.2) is 0 Å². The Morgan fingerprint density at radius 3 is 2.53 bits per heavy atom. The van der Waals surface area contributed by atoms with Gasteiger partial charge in [0, 0.05) is 16.2 Å². The highest BCUT2D eigenvalue weighted by molar-refractivity contribution is 6.30. The summed E-state index contributed by atoms with van der Waals surface area (Å²) in [7, 11) is 0. The van der Waals surface area contributed by atoms with Gasteiger partial charge in [-0.1, -0.05) is 35.9 Å². The van der Waals surface area contributed by atoms with Gasteiger partial charge in [-0.3, -0.25) is 14.5 Å². The molecule has 0 saturated carbocycles. The average Bonchev–Trinajstić information content (AvgIpc) is 3.25. The molecule has 1 aromatic heterocycles. The second kappa shape index (κ2) is 8.66. The molecule has 0 aliphatic carbocycles. The number of amides is 2. The Morgan fingerprint density at radius 1 is 1.09 bits per heavy atom. The smallest absolute Gasteiger partial charge is 0.271 e. The van der Waals surface area contributed by atoms with Crippen LogP contribution in [0.3, 0.4) is 0 Å². The molecule has 0 bridgehead atoms. The summed E-state index contributed by atoms with van der Waals surface area (Å²) in [4.78, 5) is 26.9. The molecule has 5 nitrogen and oxygen atoms in total. The lowest BCUT2D eigenvalue weighted by atomic mass is 9.94. The van der Waals surface area contributed by atoms with E-state index in [0.717, 1.165) is 10.5 Å². The number of furan rings is 1. The third-order valence-electron chi connectivity index (χ3n) is 5.10. The fraction of sp³-hybridized carbons (Fsp3) is 0.0800. The van der Waals surface area contributed by atoms with E-state index in [-0.39, 0.29) is 23.3 Å². The minimum Gasteiger partial charge on any atom is -0.457 e. The monoisotopic (exact) mass is 446 g/mol. The Bertz CT molecular complexity index is 1330. The van der Waals surface area contributed by atoms with Crippen LogP contribution in [0.5, 0.6) is 0 Å². The molecule has 0 atom stereocenters. The van der Waals surface area contributed by atoms with Crippen molar-refractivity contribution in [1.29, 1.82) is 5.26 Å². The minimum atomic E-state index is -0.685. The van der Waals surface area contributed by atoms with Gasteiger partial charge in [0.1, 0.15) is 29.0 Å². The molecular weight excluding hydrogens is 431 g/mol. The van der Waals surface area contributed by atoms with Crippen molar-refractivity contribution in [2.24, 2.45) is 0 Å². The molecule has 2 aromatic carbocycles. The van der Waals surface area contributed by atoms with Gasteiger partial charge in [0.25, 0.3) is 11.8 Å². The van der Waals surface area contributed by atoms with Crippen LogP contribution in [0.25, 0.3) is 17.4 Å². The normalized spacial score (nSPS) is 15.4. The highest BCUT2D eigenvalue weighted by Crippen LogP contribution is 2.30. The second-order valence-electron chi connectivity index (χ2n) is 7.21.